The maximum atomic E-state index is 14.1. The van der Waals surface area contributed by atoms with E-state index in [2.05, 4.69) is 0 Å². The SMILES string of the molecule is CCOC(=O)C1=C(c2ccccc2)N=c2s/c(=C/c3ccc(OC)cc3OC)c(=O)n2[C@H]1c1cccc(OC)c1. The van der Waals surface area contributed by atoms with Crippen molar-refractivity contribution in [1.29, 1.82) is 0 Å². The van der Waals surface area contributed by atoms with Crippen molar-refractivity contribution in [2.75, 3.05) is 27.9 Å². The van der Waals surface area contributed by atoms with Crippen molar-refractivity contribution in [3.05, 3.63) is 115 Å². The van der Waals surface area contributed by atoms with Crippen LogP contribution in [0, 0.1) is 0 Å². The summed E-state index contributed by atoms with van der Waals surface area (Å²) >= 11 is 1.24. The molecule has 0 aliphatic carbocycles. The Bertz CT molecular complexity index is 1770. The van der Waals surface area contributed by atoms with Crippen LogP contribution < -0.4 is 29.1 Å². The summed E-state index contributed by atoms with van der Waals surface area (Å²) in [7, 11) is 4.72. The molecule has 1 aliphatic heterocycles. The summed E-state index contributed by atoms with van der Waals surface area (Å²) in [5.74, 6) is 1.26. The molecule has 0 bridgehead atoms. The van der Waals surface area contributed by atoms with Gasteiger partial charge in [-0.2, -0.15) is 0 Å². The van der Waals surface area contributed by atoms with Crippen molar-refractivity contribution in [3.63, 3.8) is 0 Å². The van der Waals surface area contributed by atoms with Crippen molar-refractivity contribution in [3.8, 4) is 17.2 Å². The first-order chi connectivity index (χ1) is 19.5. The van der Waals surface area contributed by atoms with Crippen molar-refractivity contribution >= 4 is 29.1 Å². The molecule has 1 aromatic heterocycles. The minimum Gasteiger partial charge on any atom is -0.497 e. The molecule has 0 radical (unpaired) electrons. The average molecular weight is 557 g/mol. The van der Waals surface area contributed by atoms with E-state index in [1.165, 1.54) is 11.3 Å². The maximum Gasteiger partial charge on any atom is 0.338 e. The van der Waals surface area contributed by atoms with E-state index in [4.69, 9.17) is 23.9 Å². The van der Waals surface area contributed by atoms with Gasteiger partial charge >= 0.3 is 5.97 Å². The standard InChI is InChI=1S/C31H28N2O6S/c1-5-39-30(35)26-27(19-10-7-6-8-11-19)32-31-33(28(26)21-12-9-13-22(16-21)36-2)29(34)25(40-31)17-20-14-15-23(37-3)18-24(20)38-4/h6-18,28H,5H2,1-4H3/b25-17+/t28-/m0/s1. The number of esters is 1. The molecule has 4 aromatic rings. The molecule has 0 spiro atoms. The van der Waals surface area contributed by atoms with Gasteiger partial charge in [-0.1, -0.05) is 53.8 Å². The Morgan fingerprint density at radius 2 is 1.70 bits per heavy atom. The number of thiazole rings is 1. The van der Waals surface area contributed by atoms with Gasteiger partial charge in [0.05, 0.1) is 49.8 Å². The largest absolute Gasteiger partial charge is 0.497 e. The van der Waals surface area contributed by atoms with Gasteiger partial charge in [-0.05, 0) is 42.8 Å². The van der Waals surface area contributed by atoms with Gasteiger partial charge < -0.3 is 18.9 Å². The molecule has 0 amide bonds. The first-order valence-corrected chi connectivity index (χ1v) is 13.4. The minimum atomic E-state index is -0.791. The smallest absolute Gasteiger partial charge is 0.338 e. The fourth-order valence-electron chi connectivity index (χ4n) is 4.65. The minimum absolute atomic E-state index is 0.177. The van der Waals surface area contributed by atoms with Gasteiger partial charge in [-0.15, -0.1) is 0 Å². The molecule has 9 heteroatoms. The van der Waals surface area contributed by atoms with Crippen LogP contribution in [0.3, 0.4) is 0 Å². The molecule has 204 valence electrons. The Hall–Kier alpha value is -4.63. The lowest BCUT2D eigenvalue weighted by Gasteiger charge is -2.26. The van der Waals surface area contributed by atoms with E-state index in [1.807, 2.05) is 60.7 Å². The van der Waals surface area contributed by atoms with E-state index >= 15 is 0 Å². The molecular formula is C31H28N2O6S. The van der Waals surface area contributed by atoms with Gasteiger partial charge in [0, 0.05) is 17.2 Å². The second kappa shape index (κ2) is 11.6. The molecule has 1 aliphatic rings. The van der Waals surface area contributed by atoms with Crippen LogP contribution in [0.15, 0.2) is 88.2 Å². The van der Waals surface area contributed by atoms with Crippen LogP contribution in [0.4, 0.5) is 0 Å². The third kappa shape index (κ3) is 5.03. The number of aromatic nitrogens is 1. The highest BCUT2D eigenvalue weighted by molar-refractivity contribution is 7.07. The van der Waals surface area contributed by atoms with Crippen LogP contribution in [-0.4, -0.2) is 38.5 Å². The molecule has 1 atom stereocenters. The highest BCUT2D eigenvalue weighted by atomic mass is 32.1. The summed E-state index contributed by atoms with van der Waals surface area (Å²) in [6, 6.07) is 21.4. The molecule has 0 saturated carbocycles. The van der Waals surface area contributed by atoms with Crippen LogP contribution in [-0.2, 0) is 9.53 Å². The molecule has 2 heterocycles. The lowest BCUT2D eigenvalue weighted by atomic mass is 9.93. The van der Waals surface area contributed by atoms with Gasteiger partial charge in [0.2, 0.25) is 0 Å². The normalized spacial score (nSPS) is 14.8. The maximum absolute atomic E-state index is 14.1. The average Bonchev–Trinajstić information content (AvgIpc) is 3.31. The van der Waals surface area contributed by atoms with Gasteiger partial charge in [0.15, 0.2) is 4.80 Å². The van der Waals surface area contributed by atoms with Gasteiger partial charge in [0.25, 0.3) is 5.56 Å². The molecule has 0 unspecified atom stereocenters. The van der Waals surface area contributed by atoms with E-state index < -0.39 is 12.0 Å². The number of hydrogen-bond donors (Lipinski definition) is 0. The summed E-state index contributed by atoms with van der Waals surface area (Å²) in [6.45, 7) is 1.93. The highest BCUT2D eigenvalue weighted by Gasteiger charge is 2.35. The predicted octanol–water partition coefficient (Wildman–Crippen LogP) is 3.96. The third-order valence-electron chi connectivity index (χ3n) is 6.51. The molecule has 3 aromatic carbocycles. The van der Waals surface area contributed by atoms with E-state index in [0.29, 0.717) is 43.4 Å². The van der Waals surface area contributed by atoms with E-state index in [0.717, 1.165) is 5.56 Å². The summed E-state index contributed by atoms with van der Waals surface area (Å²) in [5, 5.41) is 0. The number of hydrogen-bond acceptors (Lipinski definition) is 8. The highest BCUT2D eigenvalue weighted by Crippen LogP contribution is 2.36. The van der Waals surface area contributed by atoms with Gasteiger partial charge in [0.1, 0.15) is 17.2 Å². The second-order valence-corrected chi connectivity index (χ2v) is 9.83. The zero-order valence-electron chi connectivity index (χ0n) is 22.5. The third-order valence-corrected chi connectivity index (χ3v) is 7.49. The van der Waals surface area contributed by atoms with E-state index in [1.54, 1.807) is 51.0 Å². The van der Waals surface area contributed by atoms with E-state index in [9.17, 15) is 9.59 Å². The fourth-order valence-corrected chi connectivity index (χ4v) is 5.64. The van der Waals surface area contributed by atoms with Crippen molar-refractivity contribution in [2.24, 2.45) is 4.99 Å². The van der Waals surface area contributed by atoms with Crippen molar-refractivity contribution in [2.45, 2.75) is 13.0 Å². The summed E-state index contributed by atoms with van der Waals surface area (Å²) in [4.78, 5) is 33.0. The summed E-state index contributed by atoms with van der Waals surface area (Å²) in [5.41, 5.74) is 2.60. The zero-order valence-corrected chi connectivity index (χ0v) is 23.4. The molecular weight excluding hydrogens is 528 g/mol. The summed E-state index contributed by atoms with van der Waals surface area (Å²) in [6.07, 6.45) is 1.76. The van der Waals surface area contributed by atoms with Crippen LogP contribution in [0.5, 0.6) is 17.2 Å². The summed E-state index contributed by atoms with van der Waals surface area (Å²) < 4.78 is 23.8. The second-order valence-electron chi connectivity index (χ2n) is 8.82. The molecule has 0 fully saturated rings. The van der Waals surface area contributed by atoms with Crippen LogP contribution in [0.1, 0.15) is 29.7 Å². The Morgan fingerprint density at radius 1 is 0.950 bits per heavy atom. The zero-order chi connectivity index (χ0) is 28.2. The molecule has 40 heavy (non-hydrogen) atoms. The predicted molar refractivity (Wildman–Crippen MR) is 154 cm³/mol. The molecule has 5 rings (SSSR count). The van der Waals surface area contributed by atoms with Gasteiger partial charge in [-0.3, -0.25) is 9.36 Å². The lowest BCUT2D eigenvalue weighted by Crippen LogP contribution is -2.40. The Balaban J connectivity index is 1.82. The lowest BCUT2D eigenvalue weighted by molar-refractivity contribution is -0.138. The number of fused-ring (bicyclic) bond motifs is 1. The molecule has 0 N–H and O–H groups in total. The van der Waals surface area contributed by atoms with E-state index in [-0.39, 0.29) is 17.7 Å². The number of rotatable bonds is 8. The number of carbonyl (C=O) groups is 1. The number of methoxy groups -OCH3 is 3. The topological polar surface area (TPSA) is 88.4 Å². The fraction of sp³-hybridized carbons (Fsp3) is 0.194. The van der Waals surface area contributed by atoms with Crippen LogP contribution in [0.25, 0.3) is 11.8 Å². The monoisotopic (exact) mass is 556 g/mol. The number of ether oxygens (including phenoxy) is 4. The quantitative estimate of drug-likeness (QED) is 0.306. The van der Waals surface area contributed by atoms with Crippen molar-refractivity contribution < 1.29 is 23.7 Å². The Morgan fingerprint density at radius 3 is 2.40 bits per heavy atom. The first kappa shape index (κ1) is 27.0. The van der Waals surface area contributed by atoms with Crippen molar-refractivity contribution in [1.82, 2.24) is 4.57 Å². The molecule has 0 saturated heterocycles. The van der Waals surface area contributed by atoms with Crippen LogP contribution in [0.2, 0.25) is 0 Å². The van der Waals surface area contributed by atoms with Crippen LogP contribution >= 0.6 is 11.3 Å². The number of carbonyl (C=O) groups excluding carboxylic acids is 1. The Kier molecular flexibility index (Phi) is 7.84. The molecule has 8 nitrogen and oxygen atoms in total. The number of nitrogens with zero attached hydrogens (tertiary/aromatic N) is 2. The Labute approximate surface area is 235 Å². The first-order valence-electron chi connectivity index (χ1n) is 12.6. The van der Waals surface area contributed by atoms with Gasteiger partial charge in [-0.25, -0.2) is 9.79 Å². The number of benzene rings is 3.